The maximum Gasteiger partial charge on any atom is 0.298 e. The second-order valence-electron chi connectivity index (χ2n) is 2.61. The highest BCUT2D eigenvalue weighted by atomic mass is 16.6. The van der Waals surface area contributed by atoms with Gasteiger partial charge in [-0.1, -0.05) is 0 Å². The van der Waals surface area contributed by atoms with Gasteiger partial charge in [0.2, 0.25) is 0 Å². The molecule has 0 radical (unpaired) electrons. The van der Waals surface area contributed by atoms with E-state index in [1.807, 2.05) is 0 Å². The van der Waals surface area contributed by atoms with Crippen molar-refractivity contribution in [1.82, 2.24) is 15.0 Å². The van der Waals surface area contributed by atoms with Crippen LogP contribution in [0.4, 0.5) is 5.69 Å². The summed E-state index contributed by atoms with van der Waals surface area (Å²) in [6.07, 6.45) is 1.38. The molecule has 0 atom stereocenters. The van der Waals surface area contributed by atoms with Crippen LogP contribution in [0.15, 0.2) is 12.3 Å². The first kappa shape index (κ1) is 7.66. The van der Waals surface area contributed by atoms with E-state index in [0.717, 1.165) is 0 Å². The van der Waals surface area contributed by atoms with Crippen LogP contribution in [0.5, 0.6) is 0 Å². The van der Waals surface area contributed by atoms with Crippen molar-refractivity contribution >= 4 is 16.9 Å². The van der Waals surface area contributed by atoms with E-state index in [1.54, 1.807) is 6.92 Å². The zero-order chi connectivity index (χ0) is 9.42. The number of aromatic nitrogens is 3. The number of nitrogens with one attached hydrogen (secondary N) is 1. The molecule has 6 nitrogen and oxygen atoms in total. The molecule has 0 unspecified atom stereocenters. The van der Waals surface area contributed by atoms with Crippen molar-refractivity contribution < 1.29 is 4.92 Å². The van der Waals surface area contributed by atoms with Crippen molar-refractivity contribution in [2.24, 2.45) is 0 Å². The lowest BCUT2D eigenvalue weighted by atomic mass is 10.4. The Hall–Kier alpha value is -1.98. The monoisotopic (exact) mass is 178 g/mol. The number of fused-ring (bicyclic) bond motifs is 1. The summed E-state index contributed by atoms with van der Waals surface area (Å²) < 4.78 is 0. The molecule has 0 aliphatic carbocycles. The fourth-order valence-electron chi connectivity index (χ4n) is 1.17. The number of rotatable bonds is 1. The van der Waals surface area contributed by atoms with Gasteiger partial charge in [0, 0.05) is 12.3 Å². The Bertz CT molecular complexity index is 476. The van der Waals surface area contributed by atoms with Gasteiger partial charge in [0.1, 0.15) is 5.82 Å². The van der Waals surface area contributed by atoms with Crippen molar-refractivity contribution in [1.29, 1.82) is 0 Å². The average molecular weight is 178 g/mol. The lowest BCUT2D eigenvalue weighted by molar-refractivity contribution is -0.383. The third-order valence-electron chi connectivity index (χ3n) is 1.69. The van der Waals surface area contributed by atoms with Crippen LogP contribution in [-0.2, 0) is 0 Å². The molecule has 0 aromatic carbocycles. The number of hydrogen-bond acceptors (Lipinski definition) is 4. The number of pyridine rings is 1. The van der Waals surface area contributed by atoms with Crippen molar-refractivity contribution in [3.05, 3.63) is 28.2 Å². The summed E-state index contributed by atoms with van der Waals surface area (Å²) in [6, 6.07) is 1.35. The Morgan fingerprint density at radius 1 is 1.62 bits per heavy atom. The van der Waals surface area contributed by atoms with Gasteiger partial charge >= 0.3 is 0 Å². The normalized spacial score (nSPS) is 10.5. The summed E-state index contributed by atoms with van der Waals surface area (Å²) in [5.74, 6) is 0.622. The van der Waals surface area contributed by atoms with Crippen molar-refractivity contribution in [2.75, 3.05) is 0 Å². The Morgan fingerprint density at radius 2 is 2.38 bits per heavy atom. The molecular weight excluding hydrogens is 172 g/mol. The first-order valence-electron chi connectivity index (χ1n) is 3.64. The van der Waals surface area contributed by atoms with Crippen LogP contribution < -0.4 is 0 Å². The molecule has 0 bridgehead atoms. The molecule has 6 heteroatoms. The van der Waals surface area contributed by atoms with Crippen LogP contribution in [0.2, 0.25) is 0 Å². The van der Waals surface area contributed by atoms with Crippen molar-refractivity contribution in [2.45, 2.75) is 6.92 Å². The van der Waals surface area contributed by atoms with Crippen molar-refractivity contribution in [3.8, 4) is 0 Å². The van der Waals surface area contributed by atoms with E-state index in [2.05, 4.69) is 15.0 Å². The molecule has 0 saturated carbocycles. The molecule has 66 valence electrons. The van der Waals surface area contributed by atoms with Gasteiger partial charge in [-0.15, -0.1) is 0 Å². The number of H-pyrrole nitrogens is 1. The smallest absolute Gasteiger partial charge is 0.298 e. The molecule has 13 heavy (non-hydrogen) atoms. The summed E-state index contributed by atoms with van der Waals surface area (Å²) in [5.41, 5.74) is 0.766. The van der Waals surface area contributed by atoms with Gasteiger partial charge in [0.25, 0.3) is 5.69 Å². The standard InChI is InChI=1S/C7H6N4O2/c1-4-9-6-5(11(12)13)2-3-8-7(6)10-4/h2-3H,1H3,(H,8,9,10). The topological polar surface area (TPSA) is 84.7 Å². The number of nitro groups is 1. The molecule has 0 aliphatic rings. The SMILES string of the molecule is Cc1nc2nccc([N+](=O)[O-])c2[nH]1. The molecule has 2 rings (SSSR count). The van der Waals surface area contributed by atoms with Crippen LogP contribution in [0, 0.1) is 17.0 Å². The molecular formula is C7H6N4O2. The first-order valence-corrected chi connectivity index (χ1v) is 3.64. The molecule has 2 heterocycles. The molecule has 0 fully saturated rings. The van der Waals surface area contributed by atoms with Gasteiger partial charge in [0.15, 0.2) is 11.2 Å². The van der Waals surface area contributed by atoms with E-state index >= 15 is 0 Å². The predicted molar refractivity (Wildman–Crippen MR) is 45.3 cm³/mol. The molecule has 1 N–H and O–H groups in total. The Labute approximate surface area is 72.8 Å². The van der Waals surface area contributed by atoms with Gasteiger partial charge in [-0.3, -0.25) is 10.1 Å². The molecule has 0 amide bonds. The molecule has 2 aromatic rings. The fraction of sp³-hybridized carbons (Fsp3) is 0.143. The molecule has 2 aromatic heterocycles. The quantitative estimate of drug-likeness (QED) is 0.524. The zero-order valence-electron chi connectivity index (χ0n) is 6.81. The minimum Gasteiger partial charge on any atom is -0.335 e. The van der Waals surface area contributed by atoms with Crippen LogP contribution in [0.3, 0.4) is 0 Å². The summed E-state index contributed by atoms with van der Waals surface area (Å²) in [7, 11) is 0. The summed E-state index contributed by atoms with van der Waals surface area (Å²) in [4.78, 5) is 20.8. The van der Waals surface area contributed by atoms with E-state index < -0.39 is 4.92 Å². The number of aryl methyl sites for hydroxylation is 1. The Kier molecular flexibility index (Phi) is 1.48. The summed E-state index contributed by atoms with van der Waals surface area (Å²) in [5, 5.41) is 10.6. The van der Waals surface area contributed by atoms with Crippen LogP contribution >= 0.6 is 0 Å². The van der Waals surface area contributed by atoms with Gasteiger partial charge in [-0.2, -0.15) is 0 Å². The van der Waals surface area contributed by atoms with Gasteiger partial charge in [-0.05, 0) is 6.92 Å². The number of nitrogens with zero attached hydrogens (tertiary/aromatic N) is 3. The highest BCUT2D eigenvalue weighted by Gasteiger charge is 2.14. The predicted octanol–water partition coefficient (Wildman–Crippen LogP) is 1.17. The Morgan fingerprint density at radius 3 is 3.08 bits per heavy atom. The van der Waals surface area contributed by atoms with Gasteiger partial charge < -0.3 is 4.98 Å². The van der Waals surface area contributed by atoms with Crippen LogP contribution in [0.25, 0.3) is 11.2 Å². The van der Waals surface area contributed by atoms with Crippen molar-refractivity contribution in [3.63, 3.8) is 0 Å². The second-order valence-corrected chi connectivity index (χ2v) is 2.61. The maximum atomic E-state index is 10.6. The minimum absolute atomic E-state index is 0.00519. The zero-order valence-corrected chi connectivity index (χ0v) is 6.81. The third-order valence-corrected chi connectivity index (χ3v) is 1.69. The van der Waals surface area contributed by atoms with E-state index in [-0.39, 0.29) is 5.69 Å². The lowest BCUT2D eigenvalue weighted by Crippen LogP contribution is -1.89. The Balaban J connectivity index is 2.82. The summed E-state index contributed by atoms with van der Waals surface area (Å²) in [6.45, 7) is 1.73. The number of hydrogen-bond donors (Lipinski definition) is 1. The van der Waals surface area contributed by atoms with Crippen LogP contribution in [0.1, 0.15) is 5.82 Å². The minimum atomic E-state index is -0.457. The summed E-state index contributed by atoms with van der Waals surface area (Å²) >= 11 is 0. The highest BCUT2D eigenvalue weighted by molar-refractivity contribution is 5.80. The highest BCUT2D eigenvalue weighted by Crippen LogP contribution is 2.20. The molecule has 0 saturated heterocycles. The first-order chi connectivity index (χ1) is 6.18. The largest absolute Gasteiger partial charge is 0.335 e. The fourth-order valence-corrected chi connectivity index (χ4v) is 1.17. The molecule has 0 spiro atoms. The average Bonchev–Trinajstić information content (AvgIpc) is 2.43. The number of imidazole rings is 1. The van der Waals surface area contributed by atoms with E-state index in [0.29, 0.717) is 17.0 Å². The maximum absolute atomic E-state index is 10.6. The van der Waals surface area contributed by atoms with E-state index in [4.69, 9.17) is 0 Å². The number of aromatic amines is 1. The van der Waals surface area contributed by atoms with Gasteiger partial charge in [-0.25, -0.2) is 9.97 Å². The second kappa shape index (κ2) is 2.51. The molecule has 0 aliphatic heterocycles. The van der Waals surface area contributed by atoms with Gasteiger partial charge in [0.05, 0.1) is 4.92 Å². The van der Waals surface area contributed by atoms with E-state index in [1.165, 1.54) is 12.3 Å². The van der Waals surface area contributed by atoms with E-state index in [9.17, 15) is 10.1 Å². The van der Waals surface area contributed by atoms with Crippen LogP contribution in [-0.4, -0.2) is 19.9 Å². The third kappa shape index (κ3) is 1.12. The lowest BCUT2D eigenvalue weighted by Gasteiger charge is -1.90.